The molecule has 1 aliphatic heterocycles. The number of fused-ring (bicyclic) bond motifs is 1. The summed E-state index contributed by atoms with van der Waals surface area (Å²) < 4.78 is 11.9. The second-order valence-electron chi connectivity index (χ2n) is 9.64. The molecule has 2 amide bonds. The zero-order valence-electron chi connectivity index (χ0n) is 21.0. The molecule has 2 N–H and O–H groups in total. The quantitative estimate of drug-likeness (QED) is 0.280. The number of ether oxygens (including phenoxy) is 1. The van der Waals surface area contributed by atoms with Gasteiger partial charge < -0.3 is 14.1 Å². The van der Waals surface area contributed by atoms with Gasteiger partial charge in [0.15, 0.2) is 5.76 Å². The summed E-state index contributed by atoms with van der Waals surface area (Å²) in [4.78, 5) is 31.3. The van der Waals surface area contributed by atoms with E-state index in [-0.39, 0.29) is 5.91 Å². The van der Waals surface area contributed by atoms with Gasteiger partial charge in [-0.15, -0.1) is 0 Å². The summed E-state index contributed by atoms with van der Waals surface area (Å²) in [5.41, 5.74) is 4.34. The number of hydrogen-bond acceptors (Lipinski definition) is 6. The average molecular weight is 500 g/mol. The molecule has 4 aromatic rings. The minimum absolute atomic E-state index is 0.138. The number of nitrogens with one attached hydrogen (secondary N) is 1. The first-order chi connectivity index (χ1) is 17.8. The first-order valence-electron chi connectivity index (χ1n) is 12.2. The van der Waals surface area contributed by atoms with Crippen LogP contribution in [0, 0.1) is 6.92 Å². The molecule has 3 heterocycles. The Labute approximate surface area is 214 Å². The van der Waals surface area contributed by atoms with Crippen LogP contribution in [0.25, 0.3) is 22.4 Å². The van der Waals surface area contributed by atoms with Gasteiger partial charge in [0.25, 0.3) is 5.91 Å². The Kier molecular flexibility index (Phi) is 6.43. The van der Waals surface area contributed by atoms with Crippen molar-refractivity contribution < 1.29 is 24.0 Å². The van der Waals surface area contributed by atoms with Gasteiger partial charge in [0.2, 0.25) is 5.91 Å². The molecule has 0 radical (unpaired) electrons. The van der Waals surface area contributed by atoms with Crippen LogP contribution in [0.5, 0.6) is 5.75 Å². The van der Waals surface area contributed by atoms with Crippen LogP contribution < -0.4 is 10.2 Å². The number of benzene rings is 2. The number of hydrogen-bond donors (Lipinski definition) is 2. The lowest BCUT2D eigenvalue weighted by Crippen LogP contribution is -2.47. The molecule has 8 heteroatoms. The Morgan fingerprint density at radius 3 is 2.65 bits per heavy atom. The smallest absolute Gasteiger partial charge is 0.265 e. The standard InChI is InChI=1S/C29H29N3O5/c1-18-8-13-26(37-18)25-16-20(23-6-4-5-7-24(23)30-25)17-36-22-11-9-21(10-12-22)29(3)14-15-32(28(29)34)19(2)27(33)31-35/h4-13,16,19,35H,14-15,17H2,1-3H3,(H,31,33). The van der Waals surface area contributed by atoms with Crippen molar-refractivity contribution in [1.29, 1.82) is 0 Å². The third-order valence-electron chi connectivity index (χ3n) is 7.22. The second kappa shape index (κ2) is 9.71. The van der Waals surface area contributed by atoms with E-state index in [9.17, 15) is 9.59 Å². The van der Waals surface area contributed by atoms with Crippen molar-refractivity contribution >= 4 is 22.7 Å². The van der Waals surface area contributed by atoms with Gasteiger partial charge in [-0.2, -0.15) is 0 Å². The molecule has 5 rings (SSSR count). The number of para-hydroxylation sites is 1. The Bertz CT molecular complexity index is 1460. The summed E-state index contributed by atoms with van der Waals surface area (Å²) in [6, 6.07) is 20.5. The number of pyridine rings is 1. The van der Waals surface area contributed by atoms with E-state index in [1.54, 1.807) is 12.4 Å². The molecule has 37 heavy (non-hydrogen) atoms. The van der Waals surface area contributed by atoms with Crippen molar-refractivity contribution in [2.75, 3.05) is 6.54 Å². The van der Waals surface area contributed by atoms with Gasteiger partial charge in [-0.25, -0.2) is 10.5 Å². The zero-order chi connectivity index (χ0) is 26.2. The topological polar surface area (TPSA) is 105 Å². The Morgan fingerprint density at radius 2 is 1.95 bits per heavy atom. The number of rotatable bonds is 7. The summed E-state index contributed by atoms with van der Waals surface area (Å²) in [7, 11) is 0. The molecule has 0 saturated carbocycles. The average Bonchev–Trinajstić information content (AvgIpc) is 3.49. The maximum atomic E-state index is 13.2. The van der Waals surface area contributed by atoms with Gasteiger partial charge in [0.05, 0.1) is 10.9 Å². The number of nitrogens with zero attached hydrogens (tertiary/aromatic N) is 2. The van der Waals surface area contributed by atoms with Crippen LogP contribution in [0.1, 0.15) is 37.2 Å². The van der Waals surface area contributed by atoms with Crippen molar-refractivity contribution in [3.63, 3.8) is 0 Å². The molecule has 1 aliphatic rings. The minimum atomic E-state index is -0.750. The number of aromatic nitrogens is 1. The van der Waals surface area contributed by atoms with Crippen LogP contribution >= 0.6 is 0 Å². The molecule has 1 saturated heterocycles. The van der Waals surface area contributed by atoms with E-state index in [0.717, 1.165) is 33.5 Å². The van der Waals surface area contributed by atoms with E-state index < -0.39 is 17.4 Å². The first-order valence-corrected chi connectivity index (χ1v) is 12.2. The number of carbonyl (C=O) groups is 2. The molecule has 2 aromatic carbocycles. The van der Waals surface area contributed by atoms with E-state index in [0.29, 0.717) is 31.1 Å². The van der Waals surface area contributed by atoms with Gasteiger partial charge in [-0.05, 0) is 69.2 Å². The summed E-state index contributed by atoms with van der Waals surface area (Å²) in [6.07, 6.45) is 0.577. The highest BCUT2D eigenvalue weighted by Gasteiger charge is 2.46. The largest absolute Gasteiger partial charge is 0.489 e. The van der Waals surface area contributed by atoms with E-state index >= 15 is 0 Å². The molecular weight excluding hydrogens is 470 g/mol. The highest BCUT2D eigenvalue weighted by atomic mass is 16.5. The van der Waals surface area contributed by atoms with Crippen LogP contribution in [-0.2, 0) is 21.6 Å². The third-order valence-corrected chi connectivity index (χ3v) is 7.22. The first kappa shape index (κ1) is 24.5. The van der Waals surface area contributed by atoms with E-state index in [1.165, 1.54) is 4.90 Å². The number of aryl methyl sites for hydroxylation is 1. The monoisotopic (exact) mass is 499 g/mol. The minimum Gasteiger partial charge on any atom is -0.489 e. The fraction of sp³-hybridized carbons (Fsp3) is 0.276. The zero-order valence-corrected chi connectivity index (χ0v) is 21.0. The molecule has 0 spiro atoms. The number of furan rings is 1. The molecule has 190 valence electrons. The Balaban J connectivity index is 1.34. The maximum Gasteiger partial charge on any atom is 0.265 e. The lowest BCUT2D eigenvalue weighted by Gasteiger charge is -2.27. The predicted molar refractivity (Wildman–Crippen MR) is 138 cm³/mol. The van der Waals surface area contributed by atoms with Crippen LogP contribution in [0.3, 0.4) is 0 Å². The predicted octanol–water partition coefficient (Wildman–Crippen LogP) is 4.77. The Hall–Kier alpha value is -4.17. The van der Waals surface area contributed by atoms with Crippen molar-refractivity contribution in [3.8, 4) is 17.2 Å². The van der Waals surface area contributed by atoms with Gasteiger partial charge in [0, 0.05) is 17.5 Å². The molecule has 2 aromatic heterocycles. The van der Waals surface area contributed by atoms with Crippen LogP contribution in [0.2, 0.25) is 0 Å². The number of hydroxylamine groups is 1. The SMILES string of the molecule is Cc1ccc(-c2cc(COc3ccc(C4(C)CCN(C(C)C(=O)NO)C4=O)cc3)c3ccccc3n2)o1. The van der Waals surface area contributed by atoms with Gasteiger partial charge in [0.1, 0.15) is 29.9 Å². The van der Waals surface area contributed by atoms with Crippen molar-refractivity contribution in [3.05, 3.63) is 83.6 Å². The second-order valence-corrected chi connectivity index (χ2v) is 9.64. The highest BCUT2D eigenvalue weighted by molar-refractivity contribution is 5.94. The molecule has 1 fully saturated rings. The summed E-state index contributed by atoms with van der Waals surface area (Å²) >= 11 is 0. The molecule has 0 aliphatic carbocycles. The Morgan fingerprint density at radius 1 is 1.19 bits per heavy atom. The number of likely N-dealkylation sites (tertiary alicyclic amines) is 1. The fourth-order valence-electron chi connectivity index (χ4n) is 4.89. The fourth-order valence-corrected chi connectivity index (χ4v) is 4.89. The van der Waals surface area contributed by atoms with Crippen molar-refractivity contribution in [2.24, 2.45) is 0 Å². The lowest BCUT2D eigenvalue weighted by molar-refractivity contribution is -0.143. The molecule has 0 bridgehead atoms. The molecule has 2 unspecified atom stereocenters. The summed E-state index contributed by atoms with van der Waals surface area (Å²) in [5, 5.41) is 9.95. The number of carbonyl (C=O) groups excluding carboxylic acids is 2. The molecule has 8 nitrogen and oxygen atoms in total. The van der Waals surface area contributed by atoms with Gasteiger partial charge >= 0.3 is 0 Å². The molecular formula is C29H29N3O5. The van der Waals surface area contributed by atoms with E-state index in [1.807, 2.05) is 80.6 Å². The lowest BCUT2D eigenvalue weighted by atomic mass is 9.81. The highest BCUT2D eigenvalue weighted by Crippen LogP contribution is 2.37. The van der Waals surface area contributed by atoms with Gasteiger partial charge in [-0.1, -0.05) is 30.3 Å². The van der Waals surface area contributed by atoms with Crippen LogP contribution in [0.4, 0.5) is 0 Å². The summed E-state index contributed by atoms with van der Waals surface area (Å²) in [6.45, 7) is 6.17. The van der Waals surface area contributed by atoms with Crippen molar-refractivity contribution in [2.45, 2.75) is 45.3 Å². The van der Waals surface area contributed by atoms with Gasteiger partial charge in [-0.3, -0.25) is 14.8 Å². The van der Waals surface area contributed by atoms with Crippen LogP contribution in [-0.4, -0.2) is 39.5 Å². The summed E-state index contributed by atoms with van der Waals surface area (Å²) in [5.74, 6) is 1.48. The van der Waals surface area contributed by atoms with Crippen molar-refractivity contribution in [1.82, 2.24) is 15.4 Å². The van der Waals surface area contributed by atoms with Crippen LogP contribution in [0.15, 0.2) is 71.1 Å². The number of amides is 2. The normalized spacial score (nSPS) is 18.3. The van der Waals surface area contributed by atoms with E-state index in [4.69, 9.17) is 19.3 Å². The molecule has 2 atom stereocenters. The maximum absolute atomic E-state index is 13.2. The third kappa shape index (κ3) is 4.56. The van der Waals surface area contributed by atoms with E-state index in [2.05, 4.69) is 0 Å².